The summed E-state index contributed by atoms with van der Waals surface area (Å²) in [6.45, 7) is 3.80. The molecule has 0 N–H and O–H groups in total. The lowest BCUT2D eigenvalue weighted by molar-refractivity contribution is -0.137. The number of aromatic nitrogens is 1. The van der Waals surface area contributed by atoms with Gasteiger partial charge in [-0.15, -0.1) is 0 Å². The Morgan fingerprint density at radius 1 is 1.19 bits per heavy atom. The number of nitriles is 1. The molecule has 0 saturated carbocycles. The molecule has 7 heteroatoms. The number of aryl methyl sites for hydroxylation is 1. The fourth-order valence-electron chi connectivity index (χ4n) is 3.34. The van der Waals surface area contributed by atoms with Crippen molar-refractivity contribution in [3.05, 3.63) is 82.6 Å². The van der Waals surface area contributed by atoms with Crippen molar-refractivity contribution >= 4 is 23.5 Å². The highest BCUT2D eigenvalue weighted by atomic mass is 16.5. The number of ketones is 1. The summed E-state index contributed by atoms with van der Waals surface area (Å²) < 4.78 is 12.5. The zero-order valence-electron chi connectivity index (χ0n) is 18.6. The molecule has 0 aliphatic rings. The predicted molar refractivity (Wildman–Crippen MR) is 121 cm³/mol. The topological polar surface area (TPSA) is 88.5 Å². The zero-order chi connectivity index (χ0) is 23.3. The Labute approximate surface area is 187 Å². The molecule has 2 aromatic heterocycles. The lowest BCUT2D eigenvalue weighted by atomic mass is 10.1. The fraction of sp³-hybridized carbons (Fsp3) is 0.240. The molecular weight excluding hydrogens is 406 g/mol. The minimum absolute atomic E-state index is 0.168. The number of rotatable bonds is 8. The minimum Gasteiger partial charge on any atom is -0.467 e. The molecule has 0 fully saturated rings. The lowest BCUT2D eigenvalue weighted by Gasteiger charge is -2.11. The first-order valence-electron chi connectivity index (χ1n) is 10.1. The highest BCUT2D eigenvalue weighted by molar-refractivity contribution is 6.02. The highest BCUT2D eigenvalue weighted by Gasteiger charge is 2.19. The molecular formula is C25H25N3O4. The zero-order valence-corrected chi connectivity index (χ0v) is 18.6. The second kappa shape index (κ2) is 9.84. The van der Waals surface area contributed by atoms with Crippen LogP contribution in [0.15, 0.2) is 58.7 Å². The Hall–Kier alpha value is -4.05. The van der Waals surface area contributed by atoms with E-state index in [1.165, 1.54) is 6.08 Å². The standard InChI is InChI=1S/C25H25N3O4/c1-17-12-23(18(2)28(17)15-22-6-5-11-31-22)24(29)16-32-25(30)20(14-26)13-19-7-9-21(10-8-19)27(3)4/h5-13H,15-16H2,1-4H3/b20-13+. The van der Waals surface area contributed by atoms with Crippen LogP contribution in [0.2, 0.25) is 0 Å². The molecule has 0 unspecified atom stereocenters. The van der Waals surface area contributed by atoms with Crippen molar-refractivity contribution in [2.45, 2.75) is 20.4 Å². The largest absolute Gasteiger partial charge is 0.467 e. The maximum atomic E-state index is 12.7. The van der Waals surface area contributed by atoms with Gasteiger partial charge in [-0.1, -0.05) is 12.1 Å². The van der Waals surface area contributed by atoms with Gasteiger partial charge < -0.3 is 18.6 Å². The summed E-state index contributed by atoms with van der Waals surface area (Å²) in [5.74, 6) is -0.383. The molecule has 1 aromatic carbocycles. The number of carbonyl (C=O) groups is 2. The van der Waals surface area contributed by atoms with Gasteiger partial charge in [-0.3, -0.25) is 4.79 Å². The molecule has 164 valence electrons. The van der Waals surface area contributed by atoms with Gasteiger partial charge in [-0.2, -0.15) is 5.26 Å². The van der Waals surface area contributed by atoms with E-state index in [0.717, 1.165) is 22.8 Å². The maximum absolute atomic E-state index is 12.7. The quantitative estimate of drug-likeness (QED) is 0.230. The fourth-order valence-corrected chi connectivity index (χ4v) is 3.34. The summed E-state index contributed by atoms with van der Waals surface area (Å²) in [5, 5.41) is 9.36. The first kappa shape index (κ1) is 22.6. The number of anilines is 1. The van der Waals surface area contributed by atoms with Crippen molar-refractivity contribution in [1.29, 1.82) is 5.26 Å². The normalized spacial score (nSPS) is 11.2. The van der Waals surface area contributed by atoms with Crippen molar-refractivity contribution in [3.8, 4) is 6.07 Å². The Balaban J connectivity index is 1.67. The molecule has 0 aliphatic carbocycles. The van der Waals surface area contributed by atoms with Gasteiger partial charge in [0.15, 0.2) is 6.61 Å². The third-order valence-corrected chi connectivity index (χ3v) is 5.16. The Kier molecular flexibility index (Phi) is 6.96. The van der Waals surface area contributed by atoms with E-state index >= 15 is 0 Å². The molecule has 2 heterocycles. The summed E-state index contributed by atoms with van der Waals surface area (Å²) >= 11 is 0. The summed E-state index contributed by atoms with van der Waals surface area (Å²) in [6, 6.07) is 14.7. The van der Waals surface area contributed by atoms with Crippen LogP contribution in [0, 0.1) is 25.2 Å². The summed E-state index contributed by atoms with van der Waals surface area (Å²) in [7, 11) is 3.85. The molecule has 0 atom stereocenters. The number of hydrogen-bond donors (Lipinski definition) is 0. The lowest BCUT2D eigenvalue weighted by Crippen LogP contribution is -2.16. The van der Waals surface area contributed by atoms with Gasteiger partial charge in [-0.05, 0) is 55.8 Å². The average Bonchev–Trinajstić information content (AvgIpc) is 3.39. The Morgan fingerprint density at radius 3 is 2.50 bits per heavy atom. The molecule has 0 radical (unpaired) electrons. The monoisotopic (exact) mass is 431 g/mol. The van der Waals surface area contributed by atoms with E-state index in [4.69, 9.17) is 9.15 Å². The van der Waals surface area contributed by atoms with Crippen molar-refractivity contribution in [1.82, 2.24) is 4.57 Å². The molecule has 3 aromatic rings. The third-order valence-electron chi connectivity index (χ3n) is 5.16. The second-order valence-corrected chi connectivity index (χ2v) is 7.61. The van der Waals surface area contributed by atoms with Crippen LogP contribution in [-0.4, -0.2) is 37.0 Å². The summed E-state index contributed by atoms with van der Waals surface area (Å²) in [6.07, 6.45) is 3.05. The maximum Gasteiger partial charge on any atom is 0.349 e. The van der Waals surface area contributed by atoms with E-state index < -0.39 is 12.6 Å². The van der Waals surface area contributed by atoms with Gasteiger partial charge in [0.05, 0.1) is 12.8 Å². The number of nitrogens with zero attached hydrogens (tertiary/aromatic N) is 3. The first-order valence-corrected chi connectivity index (χ1v) is 10.1. The Bertz CT molecular complexity index is 1180. The molecule has 0 saturated heterocycles. The van der Waals surface area contributed by atoms with E-state index in [9.17, 15) is 14.9 Å². The van der Waals surface area contributed by atoms with Gasteiger partial charge >= 0.3 is 5.97 Å². The molecule has 0 amide bonds. The minimum atomic E-state index is -0.832. The van der Waals surface area contributed by atoms with Gasteiger partial charge in [0, 0.05) is 36.7 Å². The van der Waals surface area contributed by atoms with Crippen LogP contribution in [-0.2, 0) is 16.1 Å². The van der Waals surface area contributed by atoms with E-state index in [-0.39, 0.29) is 11.4 Å². The van der Waals surface area contributed by atoms with E-state index in [1.54, 1.807) is 24.5 Å². The van der Waals surface area contributed by atoms with Crippen molar-refractivity contribution in [2.24, 2.45) is 0 Å². The van der Waals surface area contributed by atoms with Crippen LogP contribution in [0.1, 0.15) is 33.1 Å². The third kappa shape index (κ3) is 5.16. The average molecular weight is 431 g/mol. The van der Waals surface area contributed by atoms with Gasteiger partial charge in [0.1, 0.15) is 17.4 Å². The summed E-state index contributed by atoms with van der Waals surface area (Å²) in [5.41, 5.74) is 3.65. The molecule has 0 spiro atoms. The van der Waals surface area contributed by atoms with Crippen LogP contribution in [0.25, 0.3) is 6.08 Å². The van der Waals surface area contributed by atoms with Crippen LogP contribution in [0.3, 0.4) is 0 Å². The smallest absolute Gasteiger partial charge is 0.349 e. The predicted octanol–water partition coefficient (Wildman–Crippen LogP) is 4.15. The van der Waals surface area contributed by atoms with E-state index in [0.29, 0.717) is 17.7 Å². The number of Topliss-reactive ketones (excluding diaryl/α,β-unsaturated/α-hetero) is 1. The number of esters is 1. The van der Waals surface area contributed by atoms with Crippen LogP contribution < -0.4 is 4.90 Å². The van der Waals surface area contributed by atoms with Crippen molar-refractivity contribution < 1.29 is 18.7 Å². The Morgan fingerprint density at radius 2 is 1.91 bits per heavy atom. The molecule has 32 heavy (non-hydrogen) atoms. The number of ether oxygens (including phenoxy) is 1. The summed E-state index contributed by atoms with van der Waals surface area (Å²) in [4.78, 5) is 27.0. The molecule has 3 rings (SSSR count). The first-order chi connectivity index (χ1) is 15.3. The number of benzene rings is 1. The van der Waals surface area contributed by atoms with E-state index in [1.807, 2.05) is 67.7 Å². The number of hydrogen-bond acceptors (Lipinski definition) is 6. The van der Waals surface area contributed by atoms with Gasteiger partial charge in [0.25, 0.3) is 0 Å². The van der Waals surface area contributed by atoms with E-state index in [2.05, 4.69) is 0 Å². The SMILES string of the molecule is Cc1cc(C(=O)COC(=O)/C(C#N)=C/c2ccc(N(C)C)cc2)c(C)n1Cc1ccco1. The second-order valence-electron chi connectivity index (χ2n) is 7.61. The number of carbonyl (C=O) groups excluding carboxylic acids is 2. The van der Waals surface area contributed by atoms with Crippen molar-refractivity contribution in [3.63, 3.8) is 0 Å². The molecule has 7 nitrogen and oxygen atoms in total. The van der Waals surface area contributed by atoms with Crippen molar-refractivity contribution in [2.75, 3.05) is 25.6 Å². The molecule has 0 bridgehead atoms. The van der Waals surface area contributed by atoms with Crippen LogP contribution >= 0.6 is 0 Å². The van der Waals surface area contributed by atoms with Gasteiger partial charge in [-0.25, -0.2) is 4.79 Å². The highest BCUT2D eigenvalue weighted by Crippen LogP contribution is 2.19. The van der Waals surface area contributed by atoms with Crippen LogP contribution in [0.4, 0.5) is 5.69 Å². The molecule has 0 aliphatic heterocycles. The van der Waals surface area contributed by atoms with Gasteiger partial charge in [0.2, 0.25) is 5.78 Å². The van der Waals surface area contributed by atoms with Crippen LogP contribution in [0.5, 0.6) is 0 Å². The number of furan rings is 1.